The maximum atomic E-state index is 13.5. The summed E-state index contributed by atoms with van der Waals surface area (Å²) in [5.74, 6) is 1.39. The van der Waals surface area contributed by atoms with Crippen LogP contribution in [0.2, 0.25) is 0 Å². The van der Waals surface area contributed by atoms with Gasteiger partial charge in [-0.2, -0.15) is 0 Å². The molecule has 3 fully saturated rings. The van der Waals surface area contributed by atoms with E-state index < -0.39 is 5.54 Å². The third kappa shape index (κ3) is 7.11. The summed E-state index contributed by atoms with van der Waals surface area (Å²) in [7, 11) is 2.08. The first-order valence-corrected chi connectivity index (χ1v) is 13.6. The second-order valence-corrected chi connectivity index (χ2v) is 11.2. The van der Waals surface area contributed by atoms with E-state index in [0.29, 0.717) is 24.8 Å². The highest BCUT2D eigenvalue weighted by Gasteiger charge is 2.45. The highest BCUT2D eigenvalue weighted by atomic mass is 32.2. The van der Waals surface area contributed by atoms with Crippen LogP contribution in [0, 0.1) is 5.92 Å². The standard InChI is InChI=1S/C24H42N4O3S/c1-20(29)32-19-18-28(13-10-21-8-4-3-5-9-21)23(31)25-24(11-6-7-12-24)22(30)27-16-14-26(2)15-17-27/h21H,3-19H2,1-2H3,(H,25,31). The van der Waals surface area contributed by atoms with Gasteiger partial charge in [-0.1, -0.05) is 56.7 Å². The van der Waals surface area contributed by atoms with Gasteiger partial charge in [0.1, 0.15) is 5.54 Å². The molecule has 0 aromatic heterocycles. The zero-order valence-corrected chi connectivity index (χ0v) is 20.9. The summed E-state index contributed by atoms with van der Waals surface area (Å²) in [6.45, 7) is 6.03. The average molecular weight is 467 g/mol. The number of hydrogen-bond acceptors (Lipinski definition) is 5. The van der Waals surface area contributed by atoms with E-state index in [1.54, 1.807) is 6.92 Å². The summed E-state index contributed by atoms with van der Waals surface area (Å²) in [5, 5.41) is 3.29. The van der Waals surface area contributed by atoms with E-state index in [0.717, 1.165) is 58.3 Å². The molecule has 2 saturated carbocycles. The van der Waals surface area contributed by atoms with E-state index in [1.165, 1.54) is 43.9 Å². The Balaban J connectivity index is 1.63. The van der Waals surface area contributed by atoms with Crippen molar-refractivity contribution in [3.05, 3.63) is 0 Å². The lowest BCUT2D eigenvalue weighted by Crippen LogP contribution is -2.63. The second kappa shape index (κ2) is 12.3. The van der Waals surface area contributed by atoms with Crippen LogP contribution in [0.1, 0.15) is 71.1 Å². The van der Waals surface area contributed by atoms with Crippen LogP contribution < -0.4 is 5.32 Å². The highest BCUT2D eigenvalue weighted by Crippen LogP contribution is 2.32. The van der Waals surface area contributed by atoms with Gasteiger partial charge in [-0.05, 0) is 32.2 Å². The summed E-state index contributed by atoms with van der Waals surface area (Å²) >= 11 is 1.27. The van der Waals surface area contributed by atoms with E-state index >= 15 is 0 Å². The lowest BCUT2D eigenvalue weighted by atomic mass is 9.87. The number of piperazine rings is 1. The van der Waals surface area contributed by atoms with Crippen molar-refractivity contribution in [1.29, 1.82) is 0 Å². The third-order valence-electron chi connectivity index (χ3n) is 7.49. The maximum absolute atomic E-state index is 13.5. The normalized spacial score (nSPS) is 22.0. The van der Waals surface area contributed by atoms with Crippen molar-refractivity contribution >= 4 is 28.8 Å². The number of hydrogen-bond donors (Lipinski definition) is 1. The molecule has 7 nitrogen and oxygen atoms in total. The first kappa shape index (κ1) is 25.3. The number of likely N-dealkylation sites (N-methyl/N-ethyl adjacent to an activating group) is 1. The number of carbonyl (C=O) groups excluding carboxylic acids is 3. The number of thioether (sulfide) groups is 1. The molecule has 182 valence electrons. The van der Waals surface area contributed by atoms with Gasteiger partial charge in [0.2, 0.25) is 5.91 Å². The zero-order chi connectivity index (χ0) is 23.0. The van der Waals surface area contributed by atoms with Crippen LogP contribution in [0.15, 0.2) is 0 Å². The molecule has 0 aromatic rings. The van der Waals surface area contributed by atoms with Gasteiger partial charge in [-0.15, -0.1) is 0 Å². The number of urea groups is 1. The number of nitrogens with zero attached hydrogens (tertiary/aromatic N) is 3. The van der Waals surface area contributed by atoms with Gasteiger partial charge in [0, 0.05) is 51.9 Å². The zero-order valence-electron chi connectivity index (χ0n) is 20.1. The van der Waals surface area contributed by atoms with Gasteiger partial charge in [0.25, 0.3) is 0 Å². The minimum atomic E-state index is -0.760. The molecule has 0 radical (unpaired) electrons. The van der Waals surface area contributed by atoms with Gasteiger partial charge in [-0.3, -0.25) is 9.59 Å². The molecule has 1 N–H and O–H groups in total. The van der Waals surface area contributed by atoms with Crippen LogP contribution in [0.25, 0.3) is 0 Å². The molecule has 8 heteroatoms. The fourth-order valence-electron chi connectivity index (χ4n) is 5.40. The lowest BCUT2D eigenvalue weighted by Gasteiger charge is -2.40. The highest BCUT2D eigenvalue weighted by molar-refractivity contribution is 8.13. The molecule has 3 aliphatic rings. The topological polar surface area (TPSA) is 73.0 Å². The Morgan fingerprint density at radius 1 is 0.969 bits per heavy atom. The van der Waals surface area contributed by atoms with E-state index in [4.69, 9.17) is 0 Å². The minimum Gasteiger partial charge on any atom is -0.338 e. The molecule has 3 rings (SSSR count). The SMILES string of the molecule is CC(=O)SCCN(CCC1CCCCC1)C(=O)NC1(C(=O)N2CCN(C)CC2)CCCC1. The molecule has 0 spiro atoms. The number of nitrogens with one attached hydrogen (secondary N) is 1. The largest absolute Gasteiger partial charge is 0.338 e. The number of carbonyl (C=O) groups is 3. The van der Waals surface area contributed by atoms with E-state index in [9.17, 15) is 14.4 Å². The van der Waals surface area contributed by atoms with Crippen LogP contribution in [0.4, 0.5) is 4.79 Å². The van der Waals surface area contributed by atoms with Crippen LogP contribution in [0.5, 0.6) is 0 Å². The maximum Gasteiger partial charge on any atom is 0.318 e. The van der Waals surface area contributed by atoms with Crippen molar-refractivity contribution in [3.8, 4) is 0 Å². The fourth-order valence-corrected chi connectivity index (χ4v) is 5.99. The first-order valence-electron chi connectivity index (χ1n) is 12.6. The molecule has 2 aliphatic carbocycles. The molecule has 32 heavy (non-hydrogen) atoms. The molecule has 0 unspecified atom stereocenters. The van der Waals surface area contributed by atoms with Gasteiger partial charge < -0.3 is 20.0 Å². The number of rotatable bonds is 8. The van der Waals surface area contributed by atoms with E-state index in [1.807, 2.05) is 9.80 Å². The van der Waals surface area contributed by atoms with Gasteiger partial charge in [0.05, 0.1) is 0 Å². The van der Waals surface area contributed by atoms with Crippen molar-refractivity contribution in [3.63, 3.8) is 0 Å². The van der Waals surface area contributed by atoms with Gasteiger partial charge in [-0.25, -0.2) is 4.79 Å². The fraction of sp³-hybridized carbons (Fsp3) is 0.875. The Hall–Kier alpha value is -1.28. The minimum absolute atomic E-state index is 0.0788. The van der Waals surface area contributed by atoms with Crippen molar-refractivity contribution in [2.24, 2.45) is 5.92 Å². The van der Waals surface area contributed by atoms with Crippen LogP contribution in [-0.4, -0.2) is 89.4 Å². The third-order valence-corrected chi connectivity index (χ3v) is 8.28. The molecule has 1 aliphatic heterocycles. The summed E-state index contributed by atoms with van der Waals surface area (Å²) < 4.78 is 0. The lowest BCUT2D eigenvalue weighted by molar-refractivity contribution is -0.139. The van der Waals surface area contributed by atoms with Crippen LogP contribution in [-0.2, 0) is 9.59 Å². The summed E-state index contributed by atoms with van der Waals surface area (Å²) in [6, 6.07) is -0.130. The van der Waals surface area contributed by atoms with Gasteiger partial charge >= 0.3 is 6.03 Å². The first-order chi connectivity index (χ1) is 15.4. The molecule has 0 bridgehead atoms. The predicted octanol–water partition coefficient (Wildman–Crippen LogP) is 3.33. The number of amides is 3. The Labute approximate surface area is 198 Å². The van der Waals surface area contributed by atoms with Crippen LogP contribution >= 0.6 is 11.8 Å². The smallest absolute Gasteiger partial charge is 0.318 e. The molecule has 0 aromatic carbocycles. The molecule has 1 saturated heterocycles. The molecular weight excluding hydrogens is 424 g/mol. The Bertz CT molecular complexity index is 639. The van der Waals surface area contributed by atoms with Crippen LogP contribution in [0.3, 0.4) is 0 Å². The molecular formula is C24H42N4O3S. The second-order valence-electron chi connectivity index (χ2n) is 9.93. The Morgan fingerprint density at radius 2 is 1.62 bits per heavy atom. The van der Waals surface area contributed by atoms with Gasteiger partial charge in [0.15, 0.2) is 5.12 Å². The Kier molecular flexibility index (Phi) is 9.71. The van der Waals surface area contributed by atoms with Crippen molar-refractivity contribution in [1.82, 2.24) is 20.0 Å². The predicted molar refractivity (Wildman–Crippen MR) is 130 cm³/mol. The van der Waals surface area contributed by atoms with Crippen molar-refractivity contribution < 1.29 is 14.4 Å². The molecule has 3 amide bonds. The van der Waals surface area contributed by atoms with Crippen molar-refractivity contribution in [2.45, 2.75) is 76.7 Å². The van der Waals surface area contributed by atoms with E-state index in [2.05, 4.69) is 17.3 Å². The van der Waals surface area contributed by atoms with Crippen molar-refractivity contribution in [2.75, 3.05) is 52.1 Å². The average Bonchev–Trinajstić information content (AvgIpc) is 3.26. The molecule has 1 heterocycles. The summed E-state index contributed by atoms with van der Waals surface area (Å²) in [4.78, 5) is 44.4. The Morgan fingerprint density at radius 3 is 2.25 bits per heavy atom. The van der Waals surface area contributed by atoms with E-state index in [-0.39, 0.29) is 17.1 Å². The monoisotopic (exact) mass is 466 g/mol. The summed E-state index contributed by atoms with van der Waals surface area (Å²) in [6.07, 6.45) is 10.8. The summed E-state index contributed by atoms with van der Waals surface area (Å²) in [5.41, 5.74) is -0.760. The quantitative estimate of drug-likeness (QED) is 0.594. The molecule has 0 atom stereocenters.